The molecule has 2 heteroatoms. The van der Waals surface area contributed by atoms with E-state index in [4.69, 9.17) is 0 Å². The van der Waals surface area contributed by atoms with Gasteiger partial charge in [-0.05, 0) is 35.4 Å². The summed E-state index contributed by atoms with van der Waals surface area (Å²) in [6.07, 6.45) is 11.1. The van der Waals surface area contributed by atoms with Crippen LogP contribution in [0.5, 0.6) is 0 Å². The van der Waals surface area contributed by atoms with E-state index in [9.17, 15) is 0 Å². The summed E-state index contributed by atoms with van der Waals surface area (Å²) in [4.78, 5) is 0. The summed E-state index contributed by atoms with van der Waals surface area (Å²) >= 11 is 1.81. The van der Waals surface area contributed by atoms with E-state index in [2.05, 4.69) is 36.0 Å². The minimum Gasteiger partial charge on any atom is -0.310 e. The van der Waals surface area contributed by atoms with Gasteiger partial charge >= 0.3 is 0 Å². The van der Waals surface area contributed by atoms with Crippen molar-refractivity contribution in [1.29, 1.82) is 0 Å². The number of rotatable bonds is 11. The molecule has 1 atom stereocenters. The van der Waals surface area contributed by atoms with Gasteiger partial charge < -0.3 is 5.32 Å². The molecule has 104 valence electrons. The Morgan fingerprint density at radius 1 is 1.06 bits per heavy atom. The van der Waals surface area contributed by atoms with Crippen molar-refractivity contribution >= 4 is 11.3 Å². The second-order valence-corrected chi connectivity index (χ2v) is 5.86. The molecule has 0 amide bonds. The van der Waals surface area contributed by atoms with E-state index in [0.717, 1.165) is 6.54 Å². The van der Waals surface area contributed by atoms with Gasteiger partial charge in [-0.15, -0.1) is 0 Å². The molecule has 1 aromatic heterocycles. The number of nitrogens with one attached hydrogen (secondary N) is 1. The van der Waals surface area contributed by atoms with Crippen LogP contribution in [-0.2, 0) is 0 Å². The Hall–Kier alpha value is -0.340. The lowest BCUT2D eigenvalue weighted by atomic mass is 10.0. The van der Waals surface area contributed by atoms with Crippen molar-refractivity contribution in [2.45, 2.75) is 71.3 Å². The monoisotopic (exact) mass is 267 g/mol. The molecule has 0 bridgehead atoms. The molecule has 18 heavy (non-hydrogen) atoms. The van der Waals surface area contributed by atoms with Gasteiger partial charge in [0.15, 0.2) is 0 Å². The number of thiophene rings is 1. The average Bonchev–Trinajstić information content (AvgIpc) is 2.90. The fraction of sp³-hybridized carbons (Fsp3) is 0.750. The molecular weight excluding hydrogens is 238 g/mol. The molecule has 0 aliphatic rings. The van der Waals surface area contributed by atoms with Crippen LogP contribution >= 0.6 is 11.3 Å². The van der Waals surface area contributed by atoms with Crippen molar-refractivity contribution < 1.29 is 0 Å². The highest BCUT2D eigenvalue weighted by atomic mass is 32.1. The van der Waals surface area contributed by atoms with Gasteiger partial charge in [0.05, 0.1) is 0 Å². The molecule has 1 unspecified atom stereocenters. The van der Waals surface area contributed by atoms with Crippen LogP contribution in [-0.4, -0.2) is 6.54 Å². The number of unbranched alkanes of at least 4 members (excludes halogenated alkanes) is 6. The van der Waals surface area contributed by atoms with Crippen molar-refractivity contribution in [3.63, 3.8) is 0 Å². The minimum absolute atomic E-state index is 0.580. The first-order chi connectivity index (χ1) is 8.88. The average molecular weight is 267 g/mol. The van der Waals surface area contributed by atoms with E-state index >= 15 is 0 Å². The van der Waals surface area contributed by atoms with Gasteiger partial charge in [-0.3, -0.25) is 0 Å². The topological polar surface area (TPSA) is 12.0 Å². The number of hydrogen-bond donors (Lipinski definition) is 1. The molecule has 1 heterocycles. The largest absolute Gasteiger partial charge is 0.310 e. The summed E-state index contributed by atoms with van der Waals surface area (Å²) in [6.45, 7) is 5.54. The van der Waals surface area contributed by atoms with Crippen LogP contribution < -0.4 is 5.32 Å². The van der Waals surface area contributed by atoms with E-state index < -0.39 is 0 Å². The van der Waals surface area contributed by atoms with Crippen LogP contribution in [0.2, 0.25) is 0 Å². The lowest BCUT2D eigenvalue weighted by Gasteiger charge is -2.16. The van der Waals surface area contributed by atoms with E-state index in [1.807, 2.05) is 0 Å². The Labute approximate surface area is 117 Å². The van der Waals surface area contributed by atoms with Gasteiger partial charge in [0, 0.05) is 6.04 Å². The first kappa shape index (κ1) is 15.7. The first-order valence-electron chi connectivity index (χ1n) is 7.64. The van der Waals surface area contributed by atoms with Crippen molar-refractivity contribution in [2.75, 3.05) is 6.54 Å². The molecule has 0 spiro atoms. The van der Waals surface area contributed by atoms with E-state index in [1.165, 1.54) is 56.9 Å². The van der Waals surface area contributed by atoms with Gasteiger partial charge in [0.2, 0.25) is 0 Å². The predicted octanol–water partition coefficient (Wildman–Crippen LogP) is 5.54. The van der Waals surface area contributed by atoms with Gasteiger partial charge in [0.25, 0.3) is 0 Å². The minimum atomic E-state index is 0.580. The van der Waals surface area contributed by atoms with Gasteiger partial charge in [-0.25, -0.2) is 0 Å². The molecule has 0 radical (unpaired) electrons. The Bertz CT molecular complexity index is 269. The normalized spacial score (nSPS) is 12.8. The zero-order valence-electron chi connectivity index (χ0n) is 12.1. The molecule has 1 aromatic rings. The summed E-state index contributed by atoms with van der Waals surface area (Å²) in [5.74, 6) is 0. The van der Waals surface area contributed by atoms with Crippen LogP contribution in [0.25, 0.3) is 0 Å². The van der Waals surface area contributed by atoms with Gasteiger partial charge in [-0.2, -0.15) is 11.3 Å². The third-order valence-electron chi connectivity index (χ3n) is 3.49. The molecule has 1 N–H and O–H groups in total. The fourth-order valence-corrected chi connectivity index (χ4v) is 3.13. The van der Waals surface area contributed by atoms with Crippen LogP contribution in [0, 0.1) is 0 Å². The van der Waals surface area contributed by atoms with Crippen LogP contribution in [0.15, 0.2) is 16.8 Å². The van der Waals surface area contributed by atoms with E-state index in [-0.39, 0.29) is 0 Å². The van der Waals surface area contributed by atoms with Gasteiger partial charge in [-0.1, -0.05) is 58.8 Å². The maximum atomic E-state index is 3.60. The molecule has 1 nitrogen and oxygen atoms in total. The summed E-state index contributed by atoms with van der Waals surface area (Å²) in [7, 11) is 0. The van der Waals surface area contributed by atoms with Crippen LogP contribution in [0.4, 0.5) is 0 Å². The second-order valence-electron chi connectivity index (χ2n) is 5.08. The molecule has 0 aromatic carbocycles. The molecule has 1 rings (SSSR count). The third kappa shape index (κ3) is 6.55. The van der Waals surface area contributed by atoms with E-state index in [0.29, 0.717) is 6.04 Å². The third-order valence-corrected chi connectivity index (χ3v) is 4.19. The quantitative estimate of drug-likeness (QED) is 0.519. The fourth-order valence-electron chi connectivity index (χ4n) is 2.41. The first-order valence-corrected chi connectivity index (χ1v) is 8.58. The van der Waals surface area contributed by atoms with Crippen molar-refractivity contribution in [3.8, 4) is 0 Å². The van der Waals surface area contributed by atoms with Gasteiger partial charge in [0.1, 0.15) is 0 Å². The maximum absolute atomic E-state index is 3.60. The smallest absolute Gasteiger partial charge is 0.0328 e. The summed E-state index contributed by atoms with van der Waals surface area (Å²) in [5.41, 5.74) is 1.48. The van der Waals surface area contributed by atoms with Crippen molar-refractivity contribution in [2.24, 2.45) is 0 Å². The van der Waals surface area contributed by atoms with Crippen LogP contribution in [0.1, 0.15) is 76.8 Å². The molecule has 0 aliphatic heterocycles. The lowest BCUT2D eigenvalue weighted by molar-refractivity contribution is 0.476. The molecule has 0 fully saturated rings. The Kier molecular flexibility index (Phi) is 9.23. The van der Waals surface area contributed by atoms with Crippen molar-refractivity contribution in [3.05, 3.63) is 22.4 Å². The molecule has 0 aliphatic carbocycles. The molecule has 0 saturated carbocycles. The highest BCUT2D eigenvalue weighted by molar-refractivity contribution is 7.07. The highest BCUT2D eigenvalue weighted by Crippen LogP contribution is 2.22. The standard InChI is InChI=1S/C16H29NS/c1-3-5-6-7-8-9-10-11-16(17-4-2)15-12-13-18-14-15/h12-14,16-17H,3-11H2,1-2H3. The maximum Gasteiger partial charge on any atom is 0.0328 e. The molecular formula is C16H29NS. The van der Waals surface area contributed by atoms with E-state index in [1.54, 1.807) is 11.3 Å². The van der Waals surface area contributed by atoms with Crippen LogP contribution in [0.3, 0.4) is 0 Å². The lowest BCUT2D eigenvalue weighted by Crippen LogP contribution is -2.20. The van der Waals surface area contributed by atoms with Crippen molar-refractivity contribution in [1.82, 2.24) is 5.32 Å². The Morgan fingerprint density at radius 3 is 2.39 bits per heavy atom. The molecule has 0 saturated heterocycles. The summed E-state index contributed by atoms with van der Waals surface area (Å²) < 4.78 is 0. The highest BCUT2D eigenvalue weighted by Gasteiger charge is 2.09. The Balaban J connectivity index is 2.11. The predicted molar refractivity (Wildman–Crippen MR) is 83.3 cm³/mol. The zero-order chi connectivity index (χ0) is 13.1. The zero-order valence-corrected chi connectivity index (χ0v) is 12.9. The SMILES string of the molecule is CCCCCCCCCC(NCC)c1ccsc1. The second kappa shape index (κ2) is 10.6. The summed E-state index contributed by atoms with van der Waals surface area (Å²) in [5, 5.41) is 8.07. The number of hydrogen-bond acceptors (Lipinski definition) is 2. The summed E-state index contributed by atoms with van der Waals surface area (Å²) in [6, 6.07) is 2.84. The Morgan fingerprint density at radius 2 is 1.78 bits per heavy atom.